The standard InChI is InChI=1S/C12H17NO6S/c1-4-13(8-12(14)15)20(16,17)11-6-5-9(18-2)7-10(11)19-3/h5-7H,4,8H2,1-3H3,(H,14,15). The average Bonchev–Trinajstić information content (AvgIpc) is 2.43. The predicted octanol–water partition coefficient (Wildman–Crippen LogP) is 0.799. The second-order valence-corrected chi connectivity index (χ2v) is 5.75. The summed E-state index contributed by atoms with van der Waals surface area (Å²) in [4.78, 5) is 10.7. The Morgan fingerprint density at radius 3 is 2.40 bits per heavy atom. The summed E-state index contributed by atoms with van der Waals surface area (Å²) in [5.41, 5.74) is 0. The number of sulfonamides is 1. The van der Waals surface area contributed by atoms with Crippen molar-refractivity contribution in [1.82, 2.24) is 4.31 Å². The number of methoxy groups -OCH3 is 2. The van der Waals surface area contributed by atoms with E-state index in [9.17, 15) is 13.2 Å². The van der Waals surface area contributed by atoms with Gasteiger partial charge in [-0.3, -0.25) is 4.79 Å². The van der Waals surface area contributed by atoms with E-state index in [4.69, 9.17) is 14.6 Å². The fraction of sp³-hybridized carbons (Fsp3) is 0.417. The molecule has 1 aromatic rings. The second-order valence-electron chi connectivity index (χ2n) is 3.84. The van der Waals surface area contributed by atoms with E-state index in [2.05, 4.69) is 0 Å². The Kier molecular flexibility index (Phi) is 5.34. The Hall–Kier alpha value is -1.80. The number of hydrogen-bond donors (Lipinski definition) is 1. The predicted molar refractivity (Wildman–Crippen MR) is 71.6 cm³/mol. The van der Waals surface area contributed by atoms with Crippen LogP contribution in [0.15, 0.2) is 23.1 Å². The number of hydrogen-bond acceptors (Lipinski definition) is 5. The lowest BCUT2D eigenvalue weighted by Gasteiger charge is -2.20. The van der Waals surface area contributed by atoms with E-state index in [1.165, 1.54) is 32.4 Å². The summed E-state index contributed by atoms with van der Waals surface area (Å²) < 4.78 is 35.7. The van der Waals surface area contributed by atoms with Crippen LogP contribution in [0.25, 0.3) is 0 Å². The number of carboxylic acid groups (broad SMARTS) is 1. The zero-order valence-electron chi connectivity index (χ0n) is 11.5. The highest BCUT2D eigenvalue weighted by Gasteiger charge is 2.28. The minimum atomic E-state index is -3.94. The number of ether oxygens (including phenoxy) is 2. The molecule has 0 atom stereocenters. The van der Waals surface area contributed by atoms with Crippen LogP contribution >= 0.6 is 0 Å². The summed E-state index contributed by atoms with van der Waals surface area (Å²) in [6.07, 6.45) is 0. The van der Waals surface area contributed by atoms with Crippen molar-refractivity contribution in [3.63, 3.8) is 0 Å². The minimum absolute atomic E-state index is 0.0455. The van der Waals surface area contributed by atoms with Gasteiger partial charge in [-0.1, -0.05) is 6.92 Å². The molecule has 0 heterocycles. The Bertz CT molecular complexity index is 584. The third-order valence-corrected chi connectivity index (χ3v) is 4.61. The Balaban J connectivity index is 3.29. The van der Waals surface area contributed by atoms with E-state index in [-0.39, 0.29) is 17.2 Å². The zero-order chi connectivity index (χ0) is 15.3. The summed E-state index contributed by atoms with van der Waals surface area (Å²) in [5.74, 6) is -0.668. The molecule has 1 aromatic carbocycles. The largest absolute Gasteiger partial charge is 0.497 e. The Morgan fingerprint density at radius 2 is 1.95 bits per heavy atom. The molecule has 0 radical (unpaired) electrons. The number of carbonyl (C=O) groups is 1. The average molecular weight is 303 g/mol. The molecule has 20 heavy (non-hydrogen) atoms. The molecular formula is C12H17NO6S. The van der Waals surface area contributed by atoms with Gasteiger partial charge >= 0.3 is 5.97 Å². The van der Waals surface area contributed by atoms with E-state index in [0.29, 0.717) is 5.75 Å². The molecule has 8 heteroatoms. The molecule has 0 spiro atoms. The van der Waals surface area contributed by atoms with Crippen LogP contribution in [0.4, 0.5) is 0 Å². The van der Waals surface area contributed by atoms with Crippen LogP contribution in [0, 0.1) is 0 Å². The SMILES string of the molecule is CCN(CC(=O)O)S(=O)(=O)c1ccc(OC)cc1OC. The van der Waals surface area contributed by atoms with E-state index in [1.54, 1.807) is 6.92 Å². The van der Waals surface area contributed by atoms with Crippen molar-refractivity contribution in [2.45, 2.75) is 11.8 Å². The van der Waals surface area contributed by atoms with E-state index in [1.807, 2.05) is 0 Å². The van der Waals surface area contributed by atoms with Crippen LogP contribution in [0.2, 0.25) is 0 Å². The van der Waals surface area contributed by atoms with Crippen molar-refractivity contribution in [1.29, 1.82) is 0 Å². The van der Waals surface area contributed by atoms with Gasteiger partial charge in [-0.25, -0.2) is 8.42 Å². The molecular weight excluding hydrogens is 286 g/mol. The topological polar surface area (TPSA) is 93.1 Å². The smallest absolute Gasteiger partial charge is 0.318 e. The maximum absolute atomic E-state index is 12.4. The van der Waals surface area contributed by atoms with Crippen molar-refractivity contribution in [2.75, 3.05) is 27.3 Å². The van der Waals surface area contributed by atoms with Gasteiger partial charge in [0.1, 0.15) is 22.9 Å². The van der Waals surface area contributed by atoms with Crippen LogP contribution in [-0.2, 0) is 14.8 Å². The van der Waals surface area contributed by atoms with Gasteiger partial charge in [0.25, 0.3) is 0 Å². The molecule has 1 N–H and O–H groups in total. The molecule has 0 aromatic heterocycles. The van der Waals surface area contributed by atoms with Gasteiger partial charge in [-0.2, -0.15) is 4.31 Å². The minimum Gasteiger partial charge on any atom is -0.497 e. The van der Waals surface area contributed by atoms with Crippen molar-refractivity contribution in [3.8, 4) is 11.5 Å². The molecule has 0 amide bonds. The summed E-state index contributed by atoms with van der Waals surface area (Å²) >= 11 is 0. The van der Waals surface area contributed by atoms with Gasteiger partial charge in [0, 0.05) is 12.6 Å². The monoisotopic (exact) mass is 303 g/mol. The molecule has 0 aliphatic heterocycles. The van der Waals surface area contributed by atoms with Crippen LogP contribution < -0.4 is 9.47 Å². The zero-order valence-corrected chi connectivity index (χ0v) is 12.3. The first-order valence-electron chi connectivity index (χ1n) is 5.80. The first kappa shape index (κ1) is 16.3. The number of likely N-dealkylation sites (N-methyl/N-ethyl adjacent to an activating group) is 1. The first-order chi connectivity index (χ1) is 9.36. The molecule has 7 nitrogen and oxygen atoms in total. The van der Waals surface area contributed by atoms with E-state index < -0.39 is 22.5 Å². The van der Waals surface area contributed by atoms with Crippen LogP contribution in [0.1, 0.15) is 6.92 Å². The van der Waals surface area contributed by atoms with Gasteiger partial charge in [-0.15, -0.1) is 0 Å². The van der Waals surface area contributed by atoms with Gasteiger partial charge in [0.2, 0.25) is 10.0 Å². The first-order valence-corrected chi connectivity index (χ1v) is 7.24. The van der Waals surface area contributed by atoms with E-state index >= 15 is 0 Å². The highest BCUT2D eigenvalue weighted by Crippen LogP contribution is 2.30. The fourth-order valence-electron chi connectivity index (χ4n) is 1.64. The van der Waals surface area contributed by atoms with Gasteiger partial charge < -0.3 is 14.6 Å². The lowest BCUT2D eigenvalue weighted by molar-refractivity contribution is -0.137. The van der Waals surface area contributed by atoms with Crippen LogP contribution in [0.3, 0.4) is 0 Å². The summed E-state index contributed by atoms with van der Waals surface area (Å²) in [6, 6.07) is 4.24. The summed E-state index contributed by atoms with van der Waals surface area (Å²) in [7, 11) is -1.16. The lowest BCUT2D eigenvalue weighted by atomic mass is 10.3. The number of carboxylic acids is 1. The maximum atomic E-state index is 12.4. The molecule has 0 saturated heterocycles. The number of aliphatic carboxylic acids is 1. The quantitative estimate of drug-likeness (QED) is 0.801. The van der Waals surface area contributed by atoms with Crippen molar-refractivity contribution in [2.24, 2.45) is 0 Å². The fourth-order valence-corrected chi connectivity index (χ4v) is 3.18. The van der Waals surface area contributed by atoms with Gasteiger partial charge in [0.05, 0.1) is 14.2 Å². The molecule has 112 valence electrons. The highest BCUT2D eigenvalue weighted by atomic mass is 32.2. The summed E-state index contributed by atoms with van der Waals surface area (Å²) in [5, 5.41) is 8.78. The van der Waals surface area contributed by atoms with Crippen molar-refractivity contribution < 1.29 is 27.8 Å². The van der Waals surface area contributed by atoms with Crippen molar-refractivity contribution >= 4 is 16.0 Å². The van der Waals surface area contributed by atoms with Crippen LogP contribution in [-0.4, -0.2) is 51.1 Å². The Morgan fingerprint density at radius 1 is 1.30 bits per heavy atom. The van der Waals surface area contributed by atoms with Gasteiger partial charge in [-0.05, 0) is 12.1 Å². The summed E-state index contributed by atoms with van der Waals surface area (Å²) in [6.45, 7) is 1.01. The van der Waals surface area contributed by atoms with Gasteiger partial charge in [0.15, 0.2) is 0 Å². The third kappa shape index (κ3) is 3.40. The van der Waals surface area contributed by atoms with Crippen molar-refractivity contribution in [3.05, 3.63) is 18.2 Å². The second kappa shape index (κ2) is 6.58. The Labute approximate surface area is 117 Å². The molecule has 0 fully saturated rings. The maximum Gasteiger partial charge on any atom is 0.318 e. The number of rotatable bonds is 7. The molecule has 0 saturated carbocycles. The molecule has 0 aliphatic carbocycles. The normalized spacial score (nSPS) is 11.4. The molecule has 0 unspecified atom stereocenters. The van der Waals surface area contributed by atoms with E-state index in [0.717, 1.165) is 4.31 Å². The highest BCUT2D eigenvalue weighted by molar-refractivity contribution is 7.89. The molecule has 0 bridgehead atoms. The number of nitrogens with zero attached hydrogens (tertiary/aromatic N) is 1. The van der Waals surface area contributed by atoms with Crippen LogP contribution in [0.5, 0.6) is 11.5 Å². The lowest BCUT2D eigenvalue weighted by Crippen LogP contribution is -2.35. The number of benzene rings is 1. The molecule has 0 aliphatic rings. The third-order valence-electron chi connectivity index (χ3n) is 2.65. The molecule has 1 rings (SSSR count).